The molecule has 0 fully saturated rings. The van der Waals surface area contributed by atoms with E-state index in [0.29, 0.717) is 12.5 Å². The molecule has 4 nitrogen and oxygen atoms in total. The summed E-state index contributed by atoms with van der Waals surface area (Å²) in [6.45, 7) is 0.463. The Labute approximate surface area is 109 Å². The number of rotatable bonds is 3. The molecule has 0 amide bonds. The molecule has 0 saturated carbocycles. The fourth-order valence-corrected chi connectivity index (χ4v) is 1.96. The average Bonchev–Trinajstić information content (AvgIpc) is 2.89. The highest BCUT2D eigenvalue weighted by molar-refractivity contribution is 6.31. The fourth-order valence-electron chi connectivity index (χ4n) is 1.77. The van der Waals surface area contributed by atoms with Crippen molar-refractivity contribution in [1.29, 1.82) is 0 Å². The maximum atomic E-state index is 5.94. The molecule has 0 aliphatic heterocycles. The zero-order chi connectivity index (χ0) is 12.4. The minimum atomic E-state index is 0.463. The second kappa shape index (κ2) is 4.66. The lowest BCUT2D eigenvalue weighted by atomic mass is 10.1. The van der Waals surface area contributed by atoms with E-state index in [4.69, 9.17) is 16.3 Å². The molecule has 18 heavy (non-hydrogen) atoms. The lowest BCUT2D eigenvalue weighted by Crippen LogP contribution is -1.95. The minimum Gasteiger partial charge on any atom is -0.471 e. The summed E-state index contributed by atoms with van der Waals surface area (Å²) in [5.41, 5.74) is 1.08. The highest BCUT2D eigenvalue weighted by atomic mass is 35.5. The van der Waals surface area contributed by atoms with Gasteiger partial charge in [-0.2, -0.15) is 0 Å². The molecule has 0 atom stereocenters. The lowest BCUT2D eigenvalue weighted by molar-refractivity contribution is 0.293. The maximum absolute atomic E-state index is 5.94. The van der Waals surface area contributed by atoms with Gasteiger partial charge < -0.3 is 4.74 Å². The van der Waals surface area contributed by atoms with E-state index in [1.807, 2.05) is 30.3 Å². The summed E-state index contributed by atoms with van der Waals surface area (Å²) in [4.78, 5) is 0. The van der Waals surface area contributed by atoms with Crippen LogP contribution in [0.3, 0.4) is 0 Å². The summed E-state index contributed by atoms with van der Waals surface area (Å²) in [5.74, 6) is 0.492. The van der Waals surface area contributed by atoms with Crippen LogP contribution >= 0.6 is 11.6 Å². The summed E-state index contributed by atoms with van der Waals surface area (Å²) in [5, 5.41) is 12.9. The third-order valence-corrected chi connectivity index (χ3v) is 2.88. The second-order valence-electron chi connectivity index (χ2n) is 3.93. The van der Waals surface area contributed by atoms with Gasteiger partial charge >= 0.3 is 0 Å². The maximum Gasteiger partial charge on any atom is 0.253 e. The number of ether oxygens (including phenoxy) is 1. The third-order valence-electron chi connectivity index (χ3n) is 2.65. The Morgan fingerprint density at radius 2 is 1.94 bits per heavy atom. The van der Waals surface area contributed by atoms with Gasteiger partial charge in [-0.25, -0.2) is 0 Å². The molecule has 3 aromatic rings. The van der Waals surface area contributed by atoms with Gasteiger partial charge in [0.15, 0.2) is 0 Å². The molecule has 90 valence electrons. The number of fused-ring (bicyclic) bond motifs is 1. The van der Waals surface area contributed by atoms with E-state index in [2.05, 4.69) is 21.5 Å². The van der Waals surface area contributed by atoms with Gasteiger partial charge in [-0.3, -0.25) is 5.10 Å². The van der Waals surface area contributed by atoms with Crippen LogP contribution in [0.5, 0.6) is 5.88 Å². The summed E-state index contributed by atoms with van der Waals surface area (Å²) in [6.07, 6.45) is 1.61. The number of H-pyrrole nitrogens is 1. The Bertz CT molecular complexity index is 667. The van der Waals surface area contributed by atoms with E-state index < -0.39 is 0 Å². The molecule has 0 radical (unpaired) electrons. The molecule has 3 rings (SSSR count). The van der Waals surface area contributed by atoms with E-state index in [1.165, 1.54) is 0 Å². The first-order valence-corrected chi connectivity index (χ1v) is 5.86. The number of aromatic nitrogens is 3. The average molecular weight is 260 g/mol. The molecule has 0 bridgehead atoms. The first-order chi connectivity index (χ1) is 8.81. The van der Waals surface area contributed by atoms with Crippen molar-refractivity contribution >= 4 is 22.4 Å². The predicted octanol–water partition coefficient (Wildman–Crippen LogP) is 3.19. The molecule has 1 N–H and O–H groups in total. The highest BCUT2D eigenvalue weighted by Gasteiger charge is 2.00. The first-order valence-electron chi connectivity index (χ1n) is 5.49. The van der Waals surface area contributed by atoms with Gasteiger partial charge in [-0.05, 0) is 34.5 Å². The predicted molar refractivity (Wildman–Crippen MR) is 69.7 cm³/mol. The Kier molecular flexibility index (Phi) is 2.86. The number of aromatic amines is 1. The molecule has 0 spiro atoms. The van der Waals surface area contributed by atoms with Crippen LogP contribution in [-0.4, -0.2) is 15.4 Å². The molecule has 5 heteroatoms. The van der Waals surface area contributed by atoms with Gasteiger partial charge in [0.2, 0.25) is 0 Å². The number of nitrogens with zero attached hydrogens (tertiary/aromatic N) is 2. The quantitative estimate of drug-likeness (QED) is 0.786. The molecular weight excluding hydrogens is 250 g/mol. The van der Waals surface area contributed by atoms with Crippen LogP contribution < -0.4 is 4.74 Å². The summed E-state index contributed by atoms with van der Waals surface area (Å²) in [6, 6.07) is 11.9. The van der Waals surface area contributed by atoms with Crippen LogP contribution in [0, 0.1) is 0 Å². The summed E-state index contributed by atoms with van der Waals surface area (Å²) < 4.78 is 5.47. The summed E-state index contributed by atoms with van der Waals surface area (Å²) >= 11 is 5.94. The van der Waals surface area contributed by atoms with Gasteiger partial charge in [-0.15, -0.1) is 0 Å². The Morgan fingerprint density at radius 1 is 1.11 bits per heavy atom. The molecule has 1 heterocycles. The zero-order valence-electron chi connectivity index (χ0n) is 9.43. The van der Waals surface area contributed by atoms with Crippen LogP contribution in [0.1, 0.15) is 5.56 Å². The van der Waals surface area contributed by atoms with Crippen molar-refractivity contribution in [2.75, 3.05) is 0 Å². The van der Waals surface area contributed by atoms with E-state index in [-0.39, 0.29) is 0 Å². The van der Waals surface area contributed by atoms with Gasteiger partial charge in [0.25, 0.3) is 5.88 Å². The zero-order valence-corrected chi connectivity index (χ0v) is 10.2. The van der Waals surface area contributed by atoms with Crippen molar-refractivity contribution in [3.05, 3.63) is 53.2 Å². The molecule has 2 aromatic carbocycles. The number of nitrogens with one attached hydrogen (secondary N) is 1. The largest absolute Gasteiger partial charge is 0.471 e. The molecule has 0 saturated heterocycles. The highest BCUT2D eigenvalue weighted by Crippen LogP contribution is 2.21. The van der Waals surface area contributed by atoms with Crippen molar-refractivity contribution in [1.82, 2.24) is 15.4 Å². The first kappa shape index (κ1) is 11.0. The molecule has 0 unspecified atom stereocenters. The standard InChI is InChI=1S/C13H10ClN3O/c14-12-4-3-10-5-9(1-2-11(10)6-12)8-18-13-7-15-17-16-13/h1-7H,8H2,(H,15,16,17). The number of benzene rings is 2. The fraction of sp³-hybridized carbons (Fsp3) is 0.0769. The Hall–Kier alpha value is -2.07. The van der Waals surface area contributed by atoms with Gasteiger partial charge in [0.1, 0.15) is 6.61 Å². The number of hydrogen-bond acceptors (Lipinski definition) is 3. The van der Waals surface area contributed by atoms with Crippen molar-refractivity contribution in [2.24, 2.45) is 0 Å². The molecule has 1 aromatic heterocycles. The third kappa shape index (κ3) is 2.28. The van der Waals surface area contributed by atoms with E-state index >= 15 is 0 Å². The summed E-state index contributed by atoms with van der Waals surface area (Å²) in [7, 11) is 0. The monoisotopic (exact) mass is 259 g/mol. The van der Waals surface area contributed by atoms with Crippen LogP contribution in [0.15, 0.2) is 42.6 Å². The van der Waals surface area contributed by atoms with Crippen molar-refractivity contribution in [3.8, 4) is 5.88 Å². The van der Waals surface area contributed by atoms with E-state index in [9.17, 15) is 0 Å². The van der Waals surface area contributed by atoms with Crippen LogP contribution in [0.2, 0.25) is 5.02 Å². The van der Waals surface area contributed by atoms with Crippen LogP contribution in [0.25, 0.3) is 10.8 Å². The molecule has 0 aliphatic carbocycles. The Morgan fingerprint density at radius 3 is 2.78 bits per heavy atom. The van der Waals surface area contributed by atoms with E-state index in [1.54, 1.807) is 6.20 Å². The van der Waals surface area contributed by atoms with Crippen molar-refractivity contribution in [3.63, 3.8) is 0 Å². The van der Waals surface area contributed by atoms with Gasteiger partial charge in [-0.1, -0.05) is 40.1 Å². The van der Waals surface area contributed by atoms with Crippen molar-refractivity contribution < 1.29 is 4.74 Å². The number of hydrogen-bond donors (Lipinski definition) is 1. The Balaban J connectivity index is 1.82. The molecular formula is C13H10ClN3O. The van der Waals surface area contributed by atoms with Crippen LogP contribution in [-0.2, 0) is 6.61 Å². The molecule has 0 aliphatic rings. The second-order valence-corrected chi connectivity index (χ2v) is 4.36. The smallest absolute Gasteiger partial charge is 0.253 e. The number of halogens is 1. The minimum absolute atomic E-state index is 0.463. The van der Waals surface area contributed by atoms with Crippen LogP contribution in [0.4, 0.5) is 0 Å². The van der Waals surface area contributed by atoms with Gasteiger partial charge in [0.05, 0.1) is 6.20 Å². The van der Waals surface area contributed by atoms with E-state index in [0.717, 1.165) is 21.4 Å². The lowest BCUT2D eigenvalue weighted by Gasteiger charge is -2.04. The normalized spacial score (nSPS) is 10.7. The SMILES string of the molecule is Clc1ccc2cc(COc3c[nH]nn3)ccc2c1. The topological polar surface area (TPSA) is 50.8 Å². The van der Waals surface area contributed by atoms with Gasteiger partial charge in [0, 0.05) is 5.02 Å². The van der Waals surface area contributed by atoms with Crippen molar-refractivity contribution in [2.45, 2.75) is 6.61 Å².